The van der Waals surface area contributed by atoms with Crippen molar-refractivity contribution in [3.63, 3.8) is 0 Å². The number of carbonyl (C=O) groups is 4. The molecule has 2 aliphatic heterocycles. The van der Waals surface area contributed by atoms with Gasteiger partial charge in [-0.15, -0.1) is 0 Å². The first kappa shape index (κ1) is 21.7. The normalized spacial score (nSPS) is 16.5. The van der Waals surface area contributed by atoms with Gasteiger partial charge in [-0.05, 0) is 50.5 Å². The zero-order valence-corrected chi connectivity index (χ0v) is 18.3. The van der Waals surface area contributed by atoms with Crippen LogP contribution >= 0.6 is 0 Å². The van der Waals surface area contributed by atoms with Gasteiger partial charge in [0.1, 0.15) is 0 Å². The molecule has 0 atom stereocenters. The zero-order chi connectivity index (χ0) is 22.8. The number of hydrogen-bond acceptors (Lipinski definition) is 4. The predicted octanol–water partition coefficient (Wildman–Crippen LogP) is 2.65. The van der Waals surface area contributed by atoms with Crippen molar-refractivity contribution in [1.82, 2.24) is 15.1 Å². The summed E-state index contributed by atoms with van der Waals surface area (Å²) < 4.78 is 0. The lowest BCUT2D eigenvalue weighted by Gasteiger charge is -2.32. The minimum atomic E-state index is -0.361. The highest BCUT2D eigenvalue weighted by atomic mass is 16.2. The summed E-state index contributed by atoms with van der Waals surface area (Å²) in [5.41, 5.74) is 1.97. The maximum absolute atomic E-state index is 12.8. The number of benzene rings is 2. The number of nitrogens with zero attached hydrogens (tertiary/aromatic N) is 2. The number of carbonyl (C=O) groups excluding carboxylic acids is 4. The first-order valence-electron chi connectivity index (χ1n) is 11.0. The minimum absolute atomic E-state index is 0.0407. The van der Waals surface area contributed by atoms with Crippen molar-refractivity contribution in [2.45, 2.75) is 45.2 Å². The molecule has 7 heteroatoms. The molecule has 4 rings (SSSR count). The second kappa shape index (κ2) is 8.94. The molecule has 1 saturated heterocycles. The Hall–Kier alpha value is -3.48. The van der Waals surface area contributed by atoms with Gasteiger partial charge in [-0.25, -0.2) is 0 Å². The molecule has 0 spiro atoms. The molecule has 0 radical (unpaired) electrons. The van der Waals surface area contributed by atoms with E-state index in [1.807, 2.05) is 35.2 Å². The van der Waals surface area contributed by atoms with E-state index in [1.165, 1.54) is 11.0 Å². The summed E-state index contributed by atoms with van der Waals surface area (Å²) in [6.45, 7) is 4.76. The van der Waals surface area contributed by atoms with Gasteiger partial charge in [0.15, 0.2) is 0 Å². The molecule has 0 unspecified atom stereocenters. The third-order valence-corrected chi connectivity index (χ3v) is 6.08. The Labute approximate surface area is 187 Å². The molecule has 0 aromatic heterocycles. The van der Waals surface area contributed by atoms with Crippen molar-refractivity contribution in [3.8, 4) is 0 Å². The van der Waals surface area contributed by atoms with Crippen molar-refractivity contribution in [2.75, 3.05) is 13.1 Å². The molecule has 2 aromatic rings. The van der Waals surface area contributed by atoms with Crippen LogP contribution in [-0.2, 0) is 11.2 Å². The highest BCUT2D eigenvalue weighted by molar-refractivity contribution is 6.22. The lowest BCUT2D eigenvalue weighted by Crippen LogP contribution is -2.47. The van der Waals surface area contributed by atoms with E-state index >= 15 is 0 Å². The SMILES string of the molecule is CC(C)N1C(=O)c2ccc(C(=O)NC3CCN(C(=O)Cc4ccccc4)CC3)cc2C1=O. The number of hydrogen-bond donors (Lipinski definition) is 1. The fourth-order valence-electron chi connectivity index (χ4n) is 4.29. The summed E-state index contributed by atoms with van der Waals surface area (Å²) in [6.07, 6.45) is 1.73. The third-order valence-electron chi connectivity index (χ3n) is 6.08. The van der Waals surface area contributed by atoms with Crippen LogP contribution in [0.1, 0.15) is 63.3 Å². The summed E-state index contributed by atoms with van der Waals surface area (Å²) in [5, 5.41) is 3.01. The first-order chi connectivity index (χ1) is 15.3. The van der Waals surface area contributed by atoms with Gasteiger partial charge < -0.3 is 10.2 Å². The van der Waals surface area contributed by atoms with Crippen molar-refractivity contribution >= 4 is 23.6 Å². The van der Waals surface area contributed by atoms with Crippen molar-refractivity contribution in [1.29, 1.82) is 0 Å². The van der Waals surface area contributed by atoms with Crippen LogP contribution in [0.5, 0.6) is 0 Å². The Morgan fingerprint density at radius 3 is 2.28 bits per heavy atom. The average molecular weight is 434 g/mol. The topological polar surface area (TPSA) is 86.8 Å². The smallest absolute Gasteiger partial charge is 0.261 e. The van der Waals surface area contributed by atoms with E-state index in [9.17, 15) is 19.2 Å². The number of nitrogens with one attached hydrogen (secondary N) is 1. The molecule has 2 aliphatic rings. The Balaban J connectivity index is 1.34. The number of likely N-dealkylation sites (tertiary alicyclic amines) is 1. The molecule has 0 bridgehead atoms. The van der Waals surface area contributed by atoms with E-state index in [2.05, 4.69) is 5.32 Å². The highest BCUT2D eigenvalue weighted by Gasteiger charge is 2.37. The first-order valence-corrected chi connectivity index (χ1v) is 11.0. The van der Waals surface area contributed by atoms with Crippen LogP contribution in [0.15, 0.2) is 48.5 Å². The van der Waals surface area contributed by atoms with Crippen molar-refractivity contribution in [2.24, 2.45) is 0 Å². The Morgan fingerprint density at radius 2 is 1.62 bits per heavy atom. The minimum Gasteiger partial charge on any atom is -0.349 e. The predicted molar refractivity (Wildman–Crippen MR) is 119 cm³/mol. The van der Waals surface area contributed by atoms with Crippen LogP contribution in [0.3, 0.4) is 0 Å². The van der Waals surface area contributed by atoms with Crippen LogP contribution in [0.2, 0.25) is 0 Å². The van der Waals surface area contributed by atoms with Gasteiger partial charge in [0.05, 0.1) is 17.5 Å². The quantitative estimate of drug-likeness (QED) is 0.735. The van der Waals surface area contributed by atoms with Gasteiger partial charge in [-0.3, -0.25) is 24.1 Å². The molecule has 0 aliphatic carbocycles. The molecule has 32 heavy (non-hydrogen) atoms. The highest BCUT2D eigenvalue weighted by Crippen LogP contribution is 2.26. The van der Waals surface area contributed by atoms with Crippen LogP contribution in [0, 0.1) is 0 Å². The van der Waals surface area contributed by atoms with Crippen LogP contribution < -0.4 is 5.32 Å². The second-order valence-corrected chi connectivity index (χ2v) is 8.63. The number of piperidine rings is 1. The summed E-state index contributed by atoms with van der Waals surface area (Å²) in [5.74, 6) is -0.859. The second-order valence-electron chi connectivity index (χ2n) is 8.63. The zero-order valence-electron chi connectivity index (χ0n) is 18.3. The molecule has 0 saturated carbocycles. The monoisotopic (exact) mass is 433 g/mol. The number of rotatable bonds is 5. The largest absolute Gasteiger partial charge is 0.349 e. The molecule has 4 amide bonds. The van der Waals surface area contributed by atoms with Crippen LogP contribution in [0.25, 0.3) is 0 Å². The Kier molecular flexibility index (Phi) is 6.08. The fraction of sp³-hybridized carbons (Fsp3) is 0.360. The van der Waals surface area contributed by atoms with Gasteiger partial charge in [-0.2, -0.15) is 0 Å². The summed E-state index contributed by atoms with van der Waals surface area (Å²) in [4.78, 5) is 53.4. The van der Waals surface area contributed by atoms with Gasteiger partial charge in [-0.1, -0.05) is 30.3 Å². The van der Waals surface area contributed by atoms with E-state index < -0.39 is 0 Å². The van der Waals surface area contributed by atoms with Gasteiger partial charge in [0.2, 0.25) is 5.91 Å². The summed E-state index contributed by atoms with van der Waals surface area (Å²) in [6, 6.07) is 14.0. The molecule has 1 N–H and O–H groups in total. The summed E-state index contributed by atoms with van der Waals surface area (Å²) >= 11 is 0. The number of fused-ring (bicyclic) bond motifs is 1. The maximum Gasteiger partial charge on any atom is 0.261 e. The maximum atomic E-state index is 12.8. The molecule has 2 aromatic carbocycles. The number of imide groups is 1. The summed E-state index contributed by atoms with van der Waals surface area (Å²) in [7, 11) is 0. The van der Waals surface area contributed by atoms with Gasteiger partial charge in [0.25, 0.3) is 17.7 Å². The Morgan fingerprint density at radius 1 is 0.969 bits per heavy atom. The molecular formula is C25H27N3O4. The third kappa shape index (κ3) is 4.28. The molecule has 2 heterocycles. The fourth-order valence-corrected chi connectivity index (χ4v) is 4.29. The van der Waals surface area contributed by atoms with E-state index in [-0.39, 0.29) is 41.3 Å². The van der Waals surface area contributed by atoms with Crippen LogP contribution in [0.4, 0.5) is 0 Å². The molecular weight excluding hydrogens is 406 g/mol. The van der Waals surface area contributed by atoms with E-state index in [0.717, 1.165) is 5.56 Å². The van der Waals surface area contributed by atoms with E-state index in [0.29, 0.717) is 43.5 Å². The van der Waals surface area contributed by atoms with Gasteiger partial charge >= 0.3 is 0 Å². The average Bonchev–Trinajstić information content (AvgIpc) is 3.04. The van der Waals surface area contributed by atoms with E-state index in [1.54, 1.807) is 26.0 Å². The Bertz CT molecular complexity index is 1060. The standard InChI is InChI=1S/C25H27N3O4/c1-16(2)28-24(31)20-9-8-18(15-21(20)25(28)32)23(30)26-19-10-12-27(13-11-19)22(29)14-17-6-4-3-5-7-17/h3-9,15-16,19H,10-14H2,1-2H3,(H,26,30). The lowest BCUT2D eigenvalue weighted by atomic mass is 10.0. The number of amides is 4. The van der Waals surface area contributed by atoms with Gasteiger partial charge in [0, 0.05) is 30.7 Å². The van der Waals surface area contributed by atoms with Crippen molar-refractivity contribution < 1.29 is 19.2 Å². The molecule has 1 fully saturated rings. The molecule has 7 nitrogen and oxygen atoms in total. The lowest BCUT2D eigenvalue weighted by molar-refractivity contribution is -0.131. The van der Waals surface area contributed by atoms with Crippen LogP contribution in [-0.4, -0.2) is 58.6 Å². The van der Waals surface area contributed by atoms with E-state index in [4.69, 9.17) is 0 Å². The van der Waals surface area contributed by atoms with Crippen molar-refractivity contribution in [3.05, 3.63) is 70.8 Å². The molecule has 166 valence electrons.